The maximum absolute atomic E-state index is 8.74. The maximum Gasteiger partial charge on any atom is 0.394 e. The molecule has 0 saturated heterocycles. The van der Waals surface area contributed by atoms with Crippen LogP contribution in [0.25, 0.3) is 0 Å². The van der Waals surface area contributed by atoms with Crippen LogP contribution in [0.15, 0.2) is 0 Å². The first-order valence-electron chi connectivity index (χ1n) is 4.75. The summed E-state index contributed by atoms with van der Waals surface area (Å²) >= 11 is 0. The smallest absolute Gasteiger partial charge is 0.370 e. The minimum absolute atomic E-state index is 0.0591. The first kappa shape index (κ1) is 17.5. The van der Waals surface area contributed by atoms with Gasteiger partial charge in [0.15, 0.2) is 5.96 Å². The second-order valence-electron chi connectivity index (χ2n) is 2.99. The average Bonchev–Trinajstić information content (AvgIpc) is 2.08. The molecule has 0 rings (SSSR count). The molecule has 0 spiro atoms. The average molecular weight is 256 g/mol. The van der Waals surface area contributed by atoms with Gasteiger partial charge in [-0.3, -0.25) is 14.5 Å². The van der Waals surface area contributed by atoms with Crippen LogP contribution in [0.4, 0.5) is 0 Å². The summed E-state index contributed by atoms with van der Waals surface area (Å²) in [5, 5.41) is 9.61. The summed E-state index contributed by atoms with van der Waals surface area (Å²) in [4.78, 5) is 0. The number of unbranched alkanes of at least 4 members (excludes halogenated alkanes) is 3. The highest BCUT2D eigenvalue weighted by Gasteiger charge is 1.89. The number of nitrogens with one attached hydrogen (secondary N) is 2. The van der Waals surface area contributed by atoms with E-state index in [2.05, 4.69) is 5.32 Å². The molecule has 0 amide bonds. The van der Waals surface area contributed by atoms with Crippen molar-refractivity contribution in [3.63, 3.8) is 0 Å². The van der Waals surface area contributed by atoms with Crippen molar-refractivity contribution in [2.24, 2.45) is 11.5 Å². The van der Waals surface area contributed by atoms with Crippen molar-refractivity contribution >= 4 is 16.4 Å². The fourth-order valence-corrected chi connectivity index (χ4v) is 0.846. The van der Waals surface area contributed by atoms with Crippen molar-refractivity contribution in [2.45, 2.75) is 25.7 Å². The normalized spacial score (nSPS) is 10.2. The lowest BCUT2D eigenvalue weighted by Crippen LogP contribution is -2.30. The van der Waals surface area contributed by atoms with E-state index >= 15 is 0 Å². The minimum atomic E-state index is -4.67. The molecule has 0 heterocycles. The molecule has 0 unspecified atom stereocenters. The molecular formula is C7H20N4O4S. The molecule has 0 aromatic rings. The van der Waals surface area contributed by atoms with Gasteiger partial charge in [-0.25, -0.2) is 0 Å². The summed E-state index contributed by atoms with van der Waals surface area (Å²) in [7, 11) is -4.67. The zero-order chi connectivity index (χ0) is 13.0. The summed E-state index contributed by atoms with van der Waals surface area (Å²) in [6.07, 6.45) is 4.51. The predicted molar refractivity (Wildman–Crippen MR) is 61.6 cm³/mol. The Balaban J connectivity index is 0. The van der Waals surface area contributed by atoms with Gasteiger partial charge in [0.25, 0.3) is 0 Å². The fraction of sp³-hybridized carbons (Fsp3) is 0.857. The highest BCUT2D eigenvalue weighted by molar-refractivity contribution is 7.79. The van der Waals surface area contributed by atoms with Gasteiger partial charge in [0, 0.05) is 6.54 Å². The third-order valence-corrected chi connectivity index (χ3v) is 1.45. The SMILES string of the molecule is N=C(N)NCCCCCCN.O=S(=O)(O)O. The molecular weight excluding hydrogens is 236 g/mol. The molecule has 0 fully saturated rings. The van der Waals surface area contributed by atoms with Crippen LogP contribution < -0.4 is 16.8 Å². The Morgan fingerprint density at radius 2 is 1.62 bits per heavy atom. The summed E-state index contributed by atoms with van der Waals surface area (Å²) in [6, 6.07) is 0. The number of guanidine groups is 1. The van der Waals surface area contributed by atoms with E-state index in [4.69, 9.17) is 34.4 Å². The van der Waals surface area contributed by atoms with Gasteiger partial charge in [-0.1, -0.05) is 12.8 Å². The minimum Gasteiger partial charge on any atom is -0.370 e. The monoisotopic (exact) mass is 256 g/mol. The van der Waals surface area contributed by atoms with Crippen LogP contribution in [-0.4, -0.2) is 36.6 Å². The van der Waals surface area contributed by atoms with E-state index in [1.165, 1.54) is 6.42 Å². The maximum atomic E-state index is 8.74. The van der Waals surface area contributed by atoms with Crippen molar-refractivity contribution in [3.05, 3.63) is 0 Å². The standard InChI is InChI=1S/C7H18N4.H2O4S/c8-5-3-1-2-4-6-11-7(9)10;1-5(2,3)4/h1-6,8H2,(H4,9,10,11);(H2,1,2,3,4). The predicted octanol–water partition coefficient (Wildman–Crippen LogP) is -0.664. The molecule has 0 aliphatic carbocycles. The molecule has 98 valence electrons. The van der Waals surface area contributed by atoms with E-state index in [9.17, 15) is 0 Å². The molecule has 0 bridgehead atoms. The summed E-state index contributed by atoms with van der Waals surface area (Å²) < 4.78 is 31.6. The Bertz CT molecular complexity index is 260. The fourth-order valence-electron chi connectivity index (χ4n) is 0.846. The molecule has 9 heteroatoms. The lowest BCUT2D eigenvalue weighted by atomic mass is 10.2. The lowest BCUT2D eigenvalue weighted by Gasteiger charge is -2.02. The van der Waals surface area contributed by atoms with E-state index in [0.29, 0.717) is 0 Å². The van der Waals surface area contributed by atoms with Crippen molar-refractivity contribution in [1.82, 2.24) is 5.32 Å². The van der Waals surface area contributed by atoms with Crippen LogP contribution in [0.3, 0.4) is 0 Å². The molecule has 0 radical (unpaired) electrons. The van der Waals surface area contributed by atoms with Crippen LogP contribution in [0.5, 0.6) is 0 Å². The molecule has 0 aliphatic heterocycles. The number of nitrogens with two attached hydrogens (primary N) is 2. The largest absolute Gasteiger partial charge is 0.394 e. The zero-order valence-electron chi connectivity index (χ0n) is 9.02. The zero-order valence-corrected chi connectivity index (χ0v) is 9.83. The number of hydrogen-bond donors (Lipinski definition) is 6. The van der Waals surface area contributed by atoms with Crippen LogP contribution >= 0.6 is 0 Å². The van der Waals surface area contributed by atoms with E-state index < -0.39 is 10.4 Å². The summed E-state index contributed by atoms with van der Waals surface area (Å²) in [5.74, 6) is 0.0591. The number of hydrogen-bond acceptors (Lipinski definition) is 4. The quantitative estimate of drug-likeness (QED) is 0.159. The first-order valence-corrected chi connectivity index (χ1v) is 6.15. The Morgan fingerprint density at radius 3 is 2.00 bits per heavy atom. The van der Waals surface area contributed by atoms with E-state index in [1.807, 2.05) is 0 Å². The van der Waals surface area contributed by atoms with Gasteiger partial charge in [0.05, 0.1) is 0 Å². The molecule has 8 nitrogen and oxygen atoms in total. The molecule has 8 N–H and O–H groups in total. The van der Waals surface area contributed by atoms with E-state index in [-0.39, 0.29) is 5.96 Å². The van der Waals surface area contributed by atoms with Gasteiger partial charge in [0.2, 0.25) is 0 Å². The van der Waals surface area contributed by atoms with Gasteiger partial charge in [-0.05, 0) is 19.4 Å². The Hall–Kier alpha value is -0.900. The van der Waals surface area contributed by atoms with Crippen molar-refractivity contribution in [3.8, 4) is 0 Å². The Kier molecular flexibility index (Phi) is 11.6. The summed E-state index contributed by atoms with van der Waals surface area (Å²) in [5.41, 5.74) is 10.4. The van der Waals surface area contributed by atoms with Gasteiger partial charge in [0.1, 0.15) is 0 Å². The topological polar surface area (TPSA) is 163 Å². The first-order chi connectivity index (χ1) is 7.27. The molecule has 0 aromatic carbocycles. The van der Waals surface area contributed by atoms with Crippen LogP contribution in [0.1, 0.15) is 25.7 Å². The molecule has 0 aliphatic rings. The molecule has 0 saturated carbocycles. The van der Waals surface area contributed by atoms with Crippen LogP contribution in [0, 0.1) is 5.41 Å². The molecule has 0 atom stereocenters. The van der Waals surface area contributed by atoms with Crippen LogP contribution in [0.2, 0.25) is 0 Å². The highest BCUT2D eigenvalue weighted by Crippen LogP contribution is 1.96. The molecule has 0 aromatic heterocycles. The van der Waals surface area contributed by atoms with Gasteiger partial charge in [-0.2, -0.15) is 8.42 Å². The van der Waals surface area contributed by atoms with E-state index in [1.54, 1.807) is 0 Å². The number of rotatable bonds is 6. The van der Waals surface area contributed by atoms with Crippen molar-refractivity contribution in [2.75, 3.05) is 13.1 Å². The second kappa shape index (κ2) is 10.6. The van der Waals surface area contributed by atoms with Gasteiger partial charge in [-0.15, -0.1) is 0 Å². The van der Waals surface area contributed by atoms with Crippen molar-refractivity contribution in [1.29, 1.82) is 5.41 Å². The third kappa shape index (κ3) is 38.0. The Labute approximate surface area is 95.5 Å². The Morgan fingerprint density at radius 1 is 1.19 bits per heavy atom. The third-order valence-electron chi connectivity index (χ3n) is 1.45. The van der Waals surface area contributed by atoms with Crippen molar-refractivity contribution < 1.29 is 17.5 Å². The summed E-state index contributed by atoms with van der Waals surface area (Å²) in [6.45, 7) is 1.58. The highest BCUT2D eigenvalue weighted by atomic mass is 32.3. The lowest BCUT2D eigenvalue weighted by molar-refractivity contribution is 0.381. The van der Waals surface area contributed by atoms with Gasteiger partial charge >= 0.3 is 10.4 Å². The molecule has 16 heavy (non-hydrogen) atoms. The van der Waals surface area contributed by atoms with Gasteiger partial charge < -0.3 is 16.8 Å². The van der Waals surface area contributed by atoms with E-state index in [0.717, 1.165) is 32.4 Å². The second-order valence-corrected chi connectivity index (χ2v) is 3.89. The van der Waals surface area contributed by atoms with Crippen LogP contribution in [-0.2, 0) is 10.4 Å².